The van der Waals surface area contributed by atoms with Crippen LogP contribution in [0.25, 0.3) is 16.7 Å². The minimum Gasteiger partial charge on any atom is -0.457 e. The van der Waals surface area contributed by atoms with Gasteiger partial charge in [-0.3, -0.25) is 18.8 Å². The van der Waals surface area contributed by atoms with E-state index in [1.807, 2.05) is 44.2 Å². The summed E-state index contributed by atoms with van der Waals surface area (Å²) in [5.74, 6) is 1.16. The third kappa shape index (κ3) is 6.73. The number of rotatable bonds is 8. The highest BCUT2D eigenvalue weighted by molar-refractivity contribution is 5.98. The number of nitrogen functional groups attached to an aromatic ring is 1. The number of benzene rings is 2. The zero-order valence-electron chi connectivity index (χ0n) is 27.9. The Morgan fingerprint density at radius 1 is 1.02 bits per heavy atom. The quantitative estimate of drug-likeness (QED) is 0.216. The molecule has 13 heteroatoms. The highest BCUT2D eigenvalue weighted by Crippen LogP contribution is 2.28. The number of imidazole rings is 1. The van der Waals surface area contributed by atoms with Gasteiger partial charge < -0.3 is 25.0 Å². The van der Waals surface area contributed by atoms with Crippen molar-refractivity contribution in [2.45, 2.75) is 44.8 Å². The number of piperazine rings is 1. The number of nitriles is 1. The van der Waals surface area contributed by atoms with E-state index >= 15 is 0 Å². The lowest BCUT2D eigenvalue weighted by Gasteiger charge is -2.42. The number of nitrogens with zero attached hydrogens (tertiary/aromatic N) is 7. The van der Waals surface area contributed by atoms with Gasteiger partial charge in [0.05, 0.1) is 24.4 Å². The van der Waals surface area contributed by atoms with Crippen molar-refractivity contribution in [3.8, 4) is 23.3 Å². The molecule has 0 bridgehead atoms. The second-order valence-electron chi connectivity index (χ2n) is 12.8. The van der Waals surface area contributed by atoms with E-state index in [-0.39, 0.29) is 41.7 Å². The number of likely N-dealkylation sites (tertiary alicyclic amines) is 1. The van der Waals surface area contributed by atoms with E-state index in [4.69, 9.17) is 15.2 Å². The Kier molecular flexibility index (Phi) is 9.42. The molecule has 2 amide bonds. The van der Waals surface area contributed by atoms with Crippen LogP contribution in [0, 0.1) is 11.3 Å². The van der Waals surface area contributed by atoms with Crippen LogP contribution in [0.4, 0.5) is 10.6 Å². The van der Waals surface area contributed by atoms with Crippen molar-refractivity contribution in [3.63, 3.8) is 0 Å². The summed E-state index contributed by atoms with van der Waals surface area (Å²) in [6.07, 6.45) is 4.33. The fourth-order valence-electron chi connectivity index (χ4n) is 6.77. The van der Waals surface area contributed by atoms with Crippen LogP contribution in [0.1, 0.15) is 26.7 Å². The predicted molar refractivity (Wildman–Crippen MR) is 184 cm³/mol. The van der Waals surface area contributed by atoms with E-state index in [2.05, 4.69) is 16.0 Å². The molecule has 2 N–H and O–H groups in total. The van der Waals surface area contributed by atoms with Crippen LogP contribution >= 0.6 is 0 Å². The number of ether oxygens (including phenoxy) is 2. The number of para-hydroxylation sites is 1. The summed E-state index contributed by atoms with van der Waals surface area (Å²) in [5, 5.41) is 10.1. The van der Waals surface area contributed by atoms with Crippen molar-refractivity contribution >= 4 is 28.9 Å². The van der Waals surface area contributed by atoms with Gasteiger partial charge in [-0.15, -0.1) is 0 Å². The lowest BCUT2D eigenvalue weighted by molar-refractivity contribution is -0.127. The monoisotopic (exact) mass is 664 g/mol. The number of hydrogen-bond donors (Lipinski definition) is 1. The van der Waals surface area contributed by atoms with Gasteiger partial charge in [0.1, 0.15) is 34.5 Å². The number of amides is 2. The first-order chi connectivity index (χ1) is 23.6. The first kappa shape index (κ1) is 33.3. The zero-order chi connectivity index (χ0) is 34.7. The molecule has 1 atom stereocenters. The molecule has 4 aromatic rings. The highest BCUT2D eigenvalue weighted by atomic mass is 16.5. The van der Waals surface area contributed by atoms with Crippen LogP contribution < -0.4 is 16.2 Å². The van der Waals surface area contributed by atoms with Crippen molar-refractivity contribution in [2.75, 3.05) is 45.6 Å². The van der Waals surface area contributed by atoms with Crippen molar-refractivity contribution in [3.05, 3.63) is 89.0 Å². The molecule has 0 aliphatic carbocycles. The fraction of sp³-hybridized carbons (Fsp3) is 0.361. The Morgan fingerprint density at radius 2 is 1.71 bits per heavy atom. The normalized spacial score (nSPS) is 17.3. The lowest BCUT2D eigenvalue weighted by atomic mass is 9.97. The molecule has 254 valence electrons. The minimum absolute atomic E-state index is 0.0494. The third-order valence-electron chi connectivity index (χ3n) is 9.35. The standard InChI is InChI=1S/C36H40N8O5/c1-36(2,41-20-18-40(19-21-41)35(47)48-3)22-25(23-37)33(45)42-17-7-8-27(42)24-43-30-15-16-39-32(38)31(30)44(34(43)46)26-11-13-29(14-12-26)49-28-9-5-4-6-10-28/h4-6,9-16,22,27H,7-8,17-21,24H2,1-3H3,(H2,38,39)/b25-22+. The molecule has 6 rings (SSSR count). The highest BCUT2D eigenvalue weighted by Gasteiger charge is 2.35. The van der Waals surface area contributed by atoms with Crippen molar-refractivity contribution in [1.29, 1.82) is 5.26 Å². The molecular formula is C36H40N8O5. The summed E-state index contributed by atoms with van der Waals surface area (Å²) in [4.78, 5) is 49.7. The van der Waals surface area contributed by atoms with Gasteiger partial charge in [-0.1, -0.05) is 18.2 Å². The van der Waals surface area contributed by atoms with E-state index in [0.717, 1.165) is 6.42 Å². The van der Waals surface area contributed by atoms with Gasteiger partial charge in [0.2, 0.25) is 0 Å². The topological polar surface area (TPSA) is 152 Å². The number of nitrogens with two attached hydrogens (primary N) is 1. The first-order valence-electron chi connectivity index (χ1n) is 16.3. The number of carbonyl (C=O) groups excluding carboxylic acids is 2. The maximum absolute atomic E-state index is 14.1. The summed E-state index contributed by atoms with van der Waals surface area (Å²) >= 11 is 0. The third-order valence-corrected chi connectivity index (χ3v) is 9.35. The van der Waals surface area contributed by atoms with Gasteiger partial charge in [0.25, 0.3) is 5.91 Å². The average molecular weight is 665 g/mol. The molecule has 13 nitrogen and oxygen atoms in total. The molecule has 2 aromatic heterocycles. The van der Waals surface area contributed by atoms with Crippen molar-refractivity contribution < 1.29 is 19.1 Å². The lowest BCUT2D eigenvalue weighted by Crippen LogP contribution is -2.55. The SMILES string of the molecule is COC(=O)N1CCN(C(C)(C)/C=C(\C#N)C(=O)N2CCCC2Cn2c(=O)n(-c3ccc(Oc4ccccc4)cc3)c3c(N)nccc32)CC1. The molecule has 1 unspecified atom stereocenters. The molecule has 0 radical (unpaired) electrons. The second kappa shape index (κ2) is 13.9. The molecule has 2 fully saturated rings. The Hall–Kier alpha value is -5.61. The Balaban J connectivity index is 1.24. The Morgan fingerprint density at radius 3 is 2.39 bits per heavy atom. The van der Waals surface area contributed by atoms with E-state index in [1.54, 1.807) is 57.0 Å². The number of methoxy groups -OCH3 is 1. The van der Waals surface area contributed by atoms with Crippen molar-refractivity contribution in [2.24, 2.45) is 0 Å². The fourth-order valence-corrected chi connectivity index (χ4v) is 6.77. The van der Waals surface area contributed by atoms with Gasteiger partial charge in [0.15, 0.2) is 0 Å². The Bertz CT molecular complexity index is 1970. The molecule has 2 aromatic carbocycles. The molecule has 0 spiro atoms. The number of anilines is 1. The molecule has 2 aliphatic rings. The maximum atomic E-state index is 14.1. The molecular weight excluding hydrogens is 624 g/mol. The smallest absolute Gasteiger partial charge is 0.409 e. The van der Waals surface area contributed by atoms with E-state index < -0.39 is 5.54 Å². The minimum atomic E-state index is -0.616. The van der Waals surface area contributed by atoms with Crippen LogP contribution in [-0.4, -0.2) is 92.2 Å². The van der Waals surface area contributed by atoms with E-state index in [9.17, 15) is 19.6 Å². The number of aromatic nitrogens is 3. The van der Waals surface area contributed by atoms with E-state index in [1.165, 1.54) is 11.7 Å². The number of fused-ring (bicyclic) bond motifs is 1. The van der Waals surface area contributed by atoms with Crippen LogP contribution in [0.2, 0.25) is 0 Å². The number of hydrogen-bond acceptors (Lipinski definition) is 9. The molecule has 2 aliphatic heterocycles. The van der Waals surface area contributed by atoms with Crippen molar-refractivity contribution in [1.82, 2.24) is 28.8 Å². The summed E-state index contributed by atoms with van der Waals surface area (Å²) in [5.41, 5.74) is 7.15. The second-order valence-corrected chi connectivity index (χ2v) is 12.8. The first-order valence-corrected chi connectivity index (χ1v) is 16.3. The largest absolute Gasteiger partial charge is 0.457 e. The van der Waals surface area contributed by atoms with Crippen LogP contribution in [-0.2, 0) is 16.1 Å². The van der Waals surface area contributed by atoms with Crippen LogP contribution in [0.3, 0.4) is 0 Å². The van der Waals surface area contributed by atoms with Crippen LogP contribution in [0.5, 0.6) is 11.5 Å². The van der Waals surface area contributed by atoms with E-state index in [0.29, 0.717) is 67.4 Å². The summed E-state index contributed by atoms with van der Waals surface area (Å²) in [7, 11) is 1.36. The maximum Gasteiger partial charge on any atom is 0.409 e. The van der Waals surface area contributed by atoms with Gasteiger partial charge in [0, 0.05) is 51.0 Å². The average Bonchev–Trinajstić information content (AvgIpc) is 3.70. The molecule has 2 saturated heterocycles. The van der Waals surface area contributed by atoms with Gasteiger partial charge >= 0.3 is 11.8 Å². The van der Waals surface area contributed by atoms with Gasteiger partial charge in [-0.2, -0.15) is 5.26 Å². The summed E-state index contributed by atoms with van der Waals surface area (Å²) in [6, 6.07) is 20.2. The Labute approximate surface area is 284 Å². The van der Waals surface area contributed by atoms with Crippen LogP contribution in [0.15, 0.2) is 83.3 Å². The van der Waals surface area contributed by atoms with Gasteiger partial charge in [-0.05, 0) is 75.2 Å². The summed E-state index contributed by atoms with van der Waals surface area (Å²) in [6.45, 7) is 6.74. The molecule has 0 saturated carbocycles. The molecule has 49 heavy (non-hydrogen) atoms. The molecule has 4 heterocycles. The summed E-state index contributed by atoms with van der Waals surface area (Å²) < 4.78 is 13.9. The zero-order valence-corrected chi connectivity index (χ0v) is 27.9. The number of carbonyl (C=O) groups is 2. The predicted octanol–water partition coefficient (Wildman–Crippen LogP) is 4.17. The van der Waals surface area contributed by atoms with Gasteiger partial charge in [-0.25, -0.2) is 14.6 Å². The number of pyridine rings is 1.